The standard InChI is InChI=1S/C23H27BrN4O3S/c1-14-13-32-21(25-14)26-19(29)12-28-18-9-11-27(22(30)31-23(2,3)4)10-8-15(18)16-6-5-7-17(24)20(16)28/h5-7,13H,8-12H2,1-4H3,(H,25,26,29). The fourth-order valence-corrected chi connectivity index (χ4v) is 5.33. The molecule has 0 atom stereocenters. The molecule has 0 fully saturated rings. The number of amides is 2. The number of nitrogens with zero attached hydrogens (tertiary/aromatic N) is 3. The molecule has 170 valence electrons. The van der Waals surface area contributed by atoms with Crippen molar-refractivity contribution in [2.45, 2.75) is 52.7 Å². The molecule has 0 aliphatic carbocycles. The first-order chi connectivity index (χ1) is 15.1. The molecule has 1 aliphatic rings. The van der Waals surface area contributed by atoms with E-state index in [9.17, 15) is 9.59 Å². The third-order valence-corrected chi connectivity index (χ3v) is 6.84. The van der Waals surface area contributed by atoms with Gasteiger partial charge in [0.1, 0.15) is 12.1 Å². The largest absolute Gasteiger partial charge is 0.444 e. The van der Waals surface area contributed by atoms with Crippen LogP contribution in [0.5, 0.6) is 0 Å². The van der Waals surface area contributed by atoms with E-state index in [1.807, 2.05) is 45.2 Å². The second-order valence-corrected chi connectivity index (χ2v) is 10.7. The van der Waals surface area contributed by atoms with Gasteiger partial charge < -0.3 is 19.5 Å². The van der Waals surface area contributed by atoms with Gasteiger partial charge in [-0.3, -0.25) is 4.79 Å². The average Bonchev–Trinajstić information content (AvgIpc) is 3.13. The Labute approximate surface area is 199 Å². The van der Waals surface area contributed by atoms with Crippen LogP contribution < -0.4 is 5.32 Å². The lowest BCUT2D eigenvalue weighted by Crippen LogP contribution is -2.38. The van der Waals surface area contributed by atoms with Crippen LogP contribution in [0.3, 0.4) is 0 Å². The van der Waals surface area contributed by atoms with Crippen molar-refractivity contribution in [3.05, 3.63) is 45.0 Å². The van der Waals surface area contributed by atoms with Gasteiger partial charge >= 0.3 is 6.09 Å². The Balaban J connectivity index is 1.63. The zero-order valence-electron chi connectivity index (χ0n) is 18.7. The lowest BCUT2D eigenvalue weighted by atomic mass is 10.1. The number of fused-ring (bicyclic) bond motifs is 3. The van der Waals surface area contributed by atoms with Crippen LogP contribution in [0.2, 0.25) is 0 Å². The number of carbonyl (C=O) groups is 2. The Hall–Kier alpha value is -2.39. The van der Waals surface area contributed by atoms with E-state index in [1.165, 1.54) is 16.9 Å². The average molecular weight is 519 g/mol. The van der Waals surface area contributed by atoms with Crippen LogP contribution in [0, 0.1) is 6.92 Å². The monoisotopic (exact) mass is 518 g/mol. The predicted octanol–water partition coefficient (Wildman–Crippen LogP) is 5.14. The van der Waals surface area contributed by atoms with Crippen LogP contribution in [0.1, 0.15) is 37.7 Å². The first-order valence-corrected chi connectivity index (χ1v) is 12.3. The molecule has 2 amide bonds. The molecule has 0 radical (unpaired) electrons. The molecule has 1 N–H and O–H groups in total. The number of ether oxygens (including phenoxy) is 1. The highest BCUT2D eigenvalue weighted by molar-refractivity contribution is 9.10. The normalized spacial score (nSPS) is 14.2. The fraction of sp³-hybridized carbons (Fsp3) is 0.435. The van der Waals surface area contributed by atoms with Gasteiger partial charge in [-0.2, -0.15) is 0 Å². The fourth-order valence-electron chi connectivity index (χ4n) is 4.05. The number of carbonyl (C=O) groups excluding carboxylic acids is 2. The summed E-state index contributed by atoms with van der Waals surface area (Å²) in [6.45, 7) is 8.83. The third kappa shape index (κ3) is 4.83. The number of thiazole rings is 1. The van der Waals surface area contributed by atoms with Crippen molar-refractivity contribution in [1.82, 2.24) is 14.5 Å². The zero-order valence-corrected chi connectivity index (χ0v) is 21.1. The molecule has 3 aromatic rings. The summed E-state index contributed by atoms with van der Waals surface area (Å²) in [6, 6.07) is 6.08. The highest BCUT2D eigenvalue weighted by Gasteiger charge is 2.28. The minimum Gasteiger partial charge on any atom is -0.444 e. The molecular weight excluding hydrogens is 492 g/mol. The van der Waals surface area contributed by atoms with Gasteiger partial charge in [0.25, 0.3) is 0 Å². The molecule has 0 saturated heterocycles. The van der Waals surface area contributed by atoms with Crippen molar-refractivity contribution in [3.63, 3.8) is 0 Å². The lowest BCUT2D eigenvalue weighted by Gasteiger charge is -2.26. The van der Waals surface area contributed by atoms with Crippen LogP contribution in [-0.4, -0.2) is 45.1 Å². The second kappa shape index (κ2) is 8.86. The van der Waals surface area contributed by atoms with E-state index in [0.29, 0.717) is 31.1 Å². The number of halogens is 1. The topological polar surface area (TPSA) is 76.5 Å². The quantitative estimate of drug-likeness (QED) is 0.520. The summed E-state index contributed by atoms with van der Waals surface area (Å²) in [5.41, 5.74) is 3.63. The van der Waals surface area contributed by atoms with E-state index >= 15 is 0 Å². The molecular formula is C23H27BrN4O3S. The lowest BCUT2D eigenvalue weighted by molar-refractivity contribution is -0.116. The molecule has 4 rings (SSSR count). The summed E-state index contributed by atoms with van der Waals surface area (Å²) >= 11 is 5.09. The summed E-state index contributed by atoms with van der Waals surface area (Å²) in [6.07, 6.45) is 1.07. The van der Waals surface area contributed by atoms with Gasteiger partial charge in [-0.25, -0.2) is 9.78 Å². The summed E-state index contributed by atoms with van der Waals surface area (Å²) in [7, 11) is 0. The minimum atomic E-state index is -0.532. The van der Waals surface area contributed by atoms with Crippen LogP contribution in [0.25, 0.3) is 10.9 Å². The van der Waals surface area contributed by atoms with Gasteiger partial charge in [-0.15, -0.1) is 11.3 Å². The predicted molar refractivity (Wildman–Crippen MR) is 130 cm³/mol. The minimum absolute atomic E-state index is 0.122. The third-order valence-electron chi connectivity index (χ3n) is 5.33. The molecule has 9 heteroatoms. The molecule has 0 bridgehead atoms. The van der Waals surface area contributed by atoms with Gasteiger partial charge in [0.2, 0.25) is 5.91 Å². The van der Waals surface area contributed by atoms with Crippen molar-refractivity contribution in [2.75, 3.05) is 18.4 Å². The molecule has 0 spiro atoms. The number of aromatic nitrogens is 2. The Bertz CT molecular complexity index is 1180. The number of aryl methyl sites for hydroxylation is 1. The maximum Gasteiger partial charge on any atom is 0.410 e. The van der Waals surface area contributed by atoms with Crippen LogP contribution in [-0.2, 0) is 28.9 Å². The molecule has 3 heterocycles. The van der Waals surface area contributed by atoms with E-state index in [1.54, 1.807) is 4.90 Å². The Morgan fingerprint density at radius 1 is 1.25 bits per heavy atom. The molecule has 2 aromatic heterocycles. The number of hydrogen-bond acceptors (Lipinski definition) is 5. The van der Waals surface area contributed by atoms with Gasteiger partial charge in [-0.1, -0.05) is 12.1 Å². The summed E-state index contributed by atoms with van der Waals surface area (Å²) in [5, 5.41) is 6.53. The number of para-hydroxylation sites is 1. The molecule has 1 aromatic carbocycles. The molecule has 32 heavy (non-hydrogen) atoms. The van der Waals surface area contributed by atoms with Crippen molar-refractivity contribution < 1.29 is 14.3 Å². The van der Waals surface area contributed by atoms with Crippen LogP contribution >= 0.6 is 27.3 Å². The Morgan fingerprint density at radius 2 is 2.00 bits per heavy atom. The number of hydrogen-bond donors (Lipinski definition) is 1. The zero-order chi connectivity index (χ0) is 23.0. The molecule has 0 unspecified atom stereocenters. The van der Waals surface area contributed by atoms with Gasteiger partial charge in [0, 0.05) is 40.4 Å². The maximum absolute atomic E-state index is 12.9. The molecule has 7 nitrogen and oxygen atoms in total. The van der Waals surface area contributed by atoms with Gasteiger partial charge in [0.05, 0.1) is 11.2 Å². The molecule has 1 aliphatic heterocycles. The van der Waals surface area contributed by atoms with Crippen molar-refractivity contribution in [2.24, 2.45) is 0 Å². The first kappa shape index (κ1) is 22.8. The summed E-state index contributed by atoms with van der Waals surface area (Å²) < 4.78 is 8.60. The van der Waals surface area contributed by atoms with Gasteiger partial charge in [-0.05, 0) is 61.7 Å². The smallest absolute Gasteiger partial charge is 0.410 e. The van der Waals surface area contributed by atoms with Crippen molar-refractivity contribution in [3.8, 4) is 0 Å². The highest BCUT2D eigenvalue weighted by Crippen LogP contribution is 2.34. The van der Waals surface area contributed by atoms with E-state index in [-0.39, 0.29) is 18.5 Å². The highest BCUT2D eigenvalue weighted by atomic mass is 79.9. The van der Waals surface area contributed by atoms with Crippen LogP contribution in [0.15, 0.2) is 28.1 Å². The maximum atomic E-state index is 12.9. The van der Waals surface area contributed by atoms with E-state index < -0.39 is 5.60 Å². The summed E-state index contributed by atoms with van der Waals surface area (Å²) in [5.74, 6) is -0.122. The SMILES string of the molecule is Cc1csc(NC(=O)Cn2c3c(c4cccc(Br)c42)CCN(C(=O)OC(C)(C)C)CC3)n1. The Morgan fingerprint density at radius 3 is 2.69 bits per heavy atom. The molecule has 0 saturated carbocycles. The number of anilines is 1. The number of benzene rings is 1. The Kier molecular flexibility index (Phi) is 6.31. The van der Waals surface area contributed by atoms with Gasteiger partial charge in [0.15, 0.2) is 5.13 Å². The second-order valence-electron chi connectivity index (χ2n) is 8.96. The number of rotatable bonds is 3. The van der Waals surface area contributed by atoms with Crippen molar-refractivity contribution in [1.29, 1.82) is 0 Å². The summed E-state index contributed by atoms with van der Waals surface area (Å²) in [4.78, 5) is 31.6. The number of nitrogens with one attached hydrogen (secondary N) is 1. The van der Waals surface area contributed by atoms with E-state index in [0.717, 1.165) is 26.8 Å². The van der Waals surface area contributed by atoms with E-state index in [2.05, 4.69) is 36.9 Å². The van der Waals surface area contributed by atoms with Crippen LogP contribution in [0.4, 0.5) is 9.93 Å². The van der Waals surface area contributed by atoms with E-state index in [4.69, 9.17) is 4.74 Å². The van der Waals surface area contributed by atoms with Crippen molar-refractivity contribution >= 4 is 55.3 Å². The first-order valence-electron chi connectivity index (χ1n) is 10.6.